The molecule has 0 aliphatic rings. The van der Waals surface area contributed by atoms with Gasteiger partial charge < -0.3 is 15.8 Å². The molecule has 0 heterocycles. The first-order valence-corrected chi connectivity index (χ1v) is 4.81. The normalized spacial score (nSPS) is 12.4. The molecule has 0 aliphatic heterocycles. The van der Waals surface area contributed by atoms with E-state index >= 15 is 0 Å². The number of carbonyl (C=O) groups excluding carboxylic acids is 1. The zero-order chi connectivity index (χ0) is 11.4. The molecule has 1 amide bonds. The Labute approximate surface area is 86.2 Å². The van der Waals surface area contributed by atoms with E-state index in [-0.39, 0.29) is 17.0 Å². The van der Waals surface area contributed by atoms with E-state index in [1.165, 1.54) is 0 Å². The van der Waals surface area contributed by atoms with E-state index in [0.29, 0.717) is 13.2 Å². The number of hydrogen-bond acceptors (Lipinski definition) is 3. The molecule has 0 aromatic rings. The number of alkyl carbamates (subject to hydrolysis) is 1. The van der Waals surface area contributed by atoms with Gasteiger partial charge in [0.15, 0.2) is 0 Å². The zero-order valence-corrected chi connectivity index (χ0v) is 9.81. The number of rotatable bonds is 3. The summed E-state index contributed by atoms with van der Waals surface area (Å²) < 4.78 is 5.04. The summed E-state index contributed by atoms with van der Waals surface area (Å²) >= 11 is 0. The minimum atomic E-state index is -0.390. The molecule has 14 heavy (non-hydrogen) atoms. The molecule has 84 valence electrons. The molecule has 0 aromatic heterocycles. The molecule has 0 aliphatic carbocycles. The van der Waals surface area contributed by atoms with Gasteiger partial charge in [-0.1, -0.05) is 13.8 Å². The molecule has 3 N–H and O–H groups in total. The molecule has 0 fully saturated rings. The van der Waals surface area contributed by atoms with E-state index in [0.717, 1.165) is 0 Å². The Balaban J connectivity index is 3.87. The summed E-state index contributed by atoms with van der Waals surface area (Å²) in [6.07, 6.45) is -0.390. The smallest absolute Gasteiger partial charge is 0.407 e. The number of amides is 1. The van der Waals surface area contributed by atoms with Gasteiger partial charge in [0, 0.05) is 17.5 Å². The Kier molecular flexibility index (Phi) is 4.39. The van der Waals surface area contributed by atoms with Gasteiger partial charge in [-0.2, -0.15) is 0 Å². The van der Waals surface area contributed by atoms with Crippen LogP contribution in [-0.2, 0) is 4.74 Å². The van der Waals surface area contributed by atoms with Crippen molar-refractivity contribution in [2.75, 3.05) is 13.2 Å². The maximum Gasteiger partial charge on any atom is 0.407 e. The average Bonchev–Trinajstić information content (AvgIpc) is 1.98. The Morgan fingerprint density at radius 2 is 1.79 bits per heavy atom. The van der Waals surface area contributed by atoms with E-state index in [9.17, 15) is 4.79 Å². The van der Waals surface area contributed by atoms with Crippen LogP contribution in [0.1, 0.15) is 34.6 Å². The highest BCUT2D eigenvalue weighted by atomic mass is 16.5. The van der Waals surface area contributed by atoms with Crippen molar-refractivity contribution in [3.05, 3.63) is 0 Å². The topological polar surface area (TPSA) is 64.3 Å². The van der Waals surface area contributed by atoms with Crippen molar-refractivity contribution < 1.29 is 9.53 Å². The van der Waals surface area contributed by atoms with Crippen LogP contribution >= 0.6 is 0 Å². The predicted octanol–water partition coefficient (Wildman–Crippen LogP) is 1.50. The van der Waals surface area contributed by atoms with E-state index in [1.807, 2.05) is 34.6 Å². The van der Waals surface area contributed by atoms with Crippen LogP contribution in [0.2, 0.25) is 0 Å². The Hall–Kier alpha value is -0.770. The zero-order valence-electron chi connectivity index (χ0n) is 9.81. The predicted molar refractivity (Wildman–Crippen MR) is 57.1 cm³/mol. The largest absolute Gasteiger partial charge is 0.449 e. The lowest BCUT2D eigenvalue weighted by molar-refractivity contribution is 0.0962. The van der Waals surface area contributed by atoms with Crippen LogP contribution in [-0.4, -0.2) is 24.8 Å². The fourth-order valence-electron chi connectivity index (χ4n) is 0.662. The lowest BCUT2D eigenvalue weighted by Crippen LogP contribution is -2.42. The second-order valence-corrected chi connectivity index (χ2v) is 5.32. The average molecular weight is 202 g/mol. The van der Waals surface area contributed by atoms with Gasteiger partial charge in [-0.3, -0.25) is 0 Å². The summed E-state index contributed by atoms with van der Waals surface area (Å²) in [7, 11) is 0. The Bertz CT molecular complexity index is 195. The van der Waals surface area contributed by atoms with Crippen molar-refractivity contribution in [2.45, 2.75) is 40.2 Å². The van der Waals surface area contributed by atoms with Crippen LogP contribution in [0.4, 0.5) is 4.79 Å². The van der Waals surface area contributed by atoms with Crippen molar-refractivity contribution >= 4 is 6.09 Å². The minimum absolute atomic E-state index is 0.158. The van der Waals surface area contributed by atoms with Crippen LogP contribution in [0, 0.1) is 5.41 Å². The lowest BCUT2D eigenvalue weighted by atomic mass is 9.95. The molecular formula is C10H22N2O2. The van der Waals surface area contributed by atoms with Crippen LogP contribution < -0.4 is 11.1 Å². The SMILES string of the molecule is CC(C)(CN)COC(=O)NC(C)(C)C. The molecule has 0 unspecified atom stereocenters. The Morgan fingerprint density at radius 1 is 1.29 bits per heavy atom. The molecule has 0 aromatic carbocycles. The third kappa shape index (κ3) is 6.71. The molecule has 0 atom stereocenters. The van der Waals surface area contributed by atoms with Crippen molar-refractivity contribution in [3.63, 3.8) is 0 Å². The molecule has 0 bridgehead atoms. The fourth-order valence-corrected chi connectivity index (χ4v) is 0.662. The molecule has 0 rings (SSSR count). The number of nitrogens with one attached hydrogen (secondary N) is 1. The highest BCUT2D eigenvalue weighted by molar-refractivity contribution is 5.68. The van der Waals surface area contributed by atoms with Crippen molar-refractivity contribution in [1.82, 2.24) is 5.32 Å². The van der Waals surface area contributed by atoms with Gasteiger partial charge in [0.05, 0.1) is 6.61 Å². The van der Waals surface area contributed by atoms with Crippen LogP contribution in [0.15, 0.2) is 0 Å². The standard InChI is InChI=1S/C10H22N2O2/c1-9(2,3)12-8(13)14-7-10(4,5)6-11/h6-7,11H2,1-5H3,(H,12,13). The van der Waals surface area contributed by atoms with Crippen molar-refractivity contribution in [1.29, 1.82) is 0 Å². The van der Waals surface area contributed by atoms with Gasteiger partial charge in [0.1, 0.15) is 0 Å². The molecular weight excluding hydrogens is 180 g/mol. The van der Waals surface area contributed by atoms with E-state index in [1.54, 1.807) is 0 Å². The molecule has 0 saturated heterocycles. The summed E-state index contributed by atoms with van der Waals surface area (Å²) in [5, 5.41) is 2.71. The maximum atomic E-state index is 11.2. The summed E-state index contributed by atoms with van der Waals surface area (Å²) in [5.41, 5.74) is 5.09. The second kappa shape index (κ2) is 4.64. The molecule has 0 radical (unpaired) electrons. The van der Waals surface area contributed by atoms with Crippen LogP contribution in [0.5, 0.6) is 0 Å². The number of ether oxygens (including phenoxy) is 1. The molecule has 4 nitrogen and oxygen atoms in total. The first-order valence-electron chi connectivity index (χ1n) is 4.81. The van der Waals surface area contributed by atoms with Gasteiger partial charge in [-0.25, -0.2) is 4.79 Å². The third-order valence-electron chi connectivity index (χ3n) is 1.62. The monoisotopic (exact) mass is 202 g/mol. The summed E-state index contributed by atoms with van der Waals surface area (Å²) in [6, 6.07) is 0. The van der Waals surface area contributed by atoms with Crippen LogP contribution in [0.3, 0.4) is 0 Å². The van der Waals surface area contributed by atoms with Gasteiger partial charge in [-0.15, -0.1) is 0 Å². The fraction of sp³-hybridized carbons (Fsp3) is 0.900. The Morgan fingerprint density at radius 3 is 2.14 bits per heavy atom. The van der Waals surface area contributed by atoms with E-state index in [4.69, 9.17) is 10.5 Å². The van der Waals surface area contributed by atoms with Gasteiger partial charge in [0.2, 0.25) is 0 Å². The molecule has 0 spiro atoms. The highest BCUT2D eigenvalue weighted by Gasteiger charge is 2.20. The lowest BCUT2D eigenvalue weighted by Gasteiger charge is -2.24. The summed E-state index contributed by atoms with van der Waals surface area (Å²) in [4.78, 5) is 11.2. The summed E-state index contributed by atoms with van der Waals surface area (Å²) in [6.45, 7) is 10.5. The maximum absolute atomic E-state index is 11.2. The minimum Gasteiger partial charge on any atom is -0.449 e. The van der Waals surface area contributed by atoms with Gasteiger partial charge in [0.25, 0.3) is 0 Å². The van der Waals surface area contributed by atoms with Crippen LogP contribution in [0.25, 0.3) is 0 Å². The number of carbonyl (C=O) groups is 1. The highest BCUT2D eigenvalue weighted by Crippen LogP contribution is 2.12. The second-order valence-electron chi connectivity index (χ2n) is 5.32. The van der Waals surface area contributed by atoms with E-state index < -0.39 is 0 Å². The molecule has 0 saturated carbocycles. The first-order chi connectivity index (χ1) is 6.16. The quantitative estimate of drug-likeness (QED) is 0.729. The van der Waals surface area contributed by atoms with E-state index in [2.05, 4.69) is 5.32 Å². The van der Waals surface area contributed by atoms with Gasteiger partial charge >= 0.3 is 6.09 Å². The van der Waals surface area contributed by atoms with Gasteiger partial charge in [-0.05, 0) is 20.8 Å². The van der Waals surface area contributed by atoms with Crippen molar-refractivity contribution in [2.24, 2.45) is 11.1 Å². The van der Waals surface area contributed by atoms with Crippen molar-refractivity contribution in [3.8, 4) is 0 Å². The number of nitrogens with two attached hydrogens (primary N) is 1. The third-order valence-corrected chi connectivity index (χ3v) is 1.62. The summed E-state index contributed by atoms with van der Waals surface area (Å²) in [5.74, 6) is 0. The first kappa shape index (κ1) is 13.2. The number of hydrogen-bond donors (Lipinski definition) is 2. The molecule has 4 heteroatoms.